The zero-order valence-corrected chi connectivity index (χ0v) is 13.0. The Morgan fingerprint density at radius 3 is 2.55 bits per heavy atom. The zero-order chi connectivity index (χ0) is 14.6. The molecule has 2 aromatic rings. The molecule has 2 N–H and O–H groups in total. The molecule has 1 aromatic carbocycles. The first-order valence-corrected chi connectivity index (χ1v) is 8.66. The highest BCUT2D eigenvalue weighted by molar-refractivity contribution is 7.99. The summed E-state index contributed by atoms with van der Waals surface area (Å²) >= 11 is 1.62. The Bertz CT molecular complexity index is 647. The number of sulfonamides is 1. The van der Waals surface area contributed by atoms with E-state index in [9.17, 15) is 8.42 Å². The summed E-state index contributed by atoms with van der Waals surface area (Å²) in [5, 5.41) is 6.59. The third-order valence-corrected chi connectivity index (χ3v) is 5.47. The van der Waals surface area contributed by atoms with Crippen molar-refractivity contribution in [3.05, 3.63) is 41.7 Å². The van der Waals surface area contributed by atoms with Gasteiger partial charge in [0.05, 0.1) is 11.4 Å². The molecule has 0 bridgehead atoms. The maximum atomic E-state index is 12.2. The lowest BCUT2D eigenvalue weighted by atomic mass is 10.4. The van der Waals surface area contributed by atoms with Gasteiger partial charge in [0.25, 0.3) is 0 Å². The van der Waals surface area contributed by atoms with Crippen molar-refractivity contribution in [2.45, 2.75) is 23.6 Å². The first-order chi connectivity index (χ1) is 9.50. The molecule has 0 unspecified atom stereocenters. The molecule has 0 radical (unpaired) electrons. The lowest BCUT2D eigenvalue weighted by Gasteiger charge is -2.06. The summed E-state index contributed by atoms with van der Waals surface area (Å²) in [6.45, 7) is 3.76. The van der Waals surface area contributed by atoms with Crippen LogP contribution in [-0.4, -0.2) is 30.9 Å². The van der Waals surface area contributed by atoms with Crippen molar-refractivity contribution in [2.24, 2.45) is 0 Å². The summed E-state index contributed by atoms with van der Waals surface area (Å²) in [7, 11) is -3.49. The van der Waals surface area contributed by atoms with Gasteiger partial charge >= 0.3 is 0 Å². The minimum atomic E-state index is -3.49. The molecule has 5 nitrogen and oxygen atoms in total. The maximum absolute atomic E-state index is 12.2. The molecule has 0 atom stereocenters. The predicted molar refractivity (Wildman–Crippen MR) is 80.4 cm³/mol. The lowest BCUT2D eigenvalue weighted by Crippen LogP contribution is -2.26. The van der Waals surface area contributed by atoms with Crippen molar-refractivity contribution >= 4 is 21.8 Å². The first kappa shape index (κ1) is 15.1. The number of benzene rings is 1. The van der Waals surface area contributed by atoms with Gasteiger partial charge in [-0.05, 0) is 26.0 Å². The van der Waals surface area contributed by atoms with E-state index < -0.39 is 10.0 Å². The van der Waals surface area contributed by atoms with E-state index in [1.165, 1.54) is 0 Å². The number of aryl methyl sites for hydroxylation is 2. The molecule has 7 heteroatoms. The number of nitrogens with zero attached hydrogens (tertiary/aromatic N) is 1. The van der Waals surface area contributed by atoms with Gasteiger partial charge in [0.2, 0.25) is 10.0 Å². The molecule has 1 aromatic heterocycles. The molecule has 2 rings (SSSR count). The van der Waals surface area contributed by atoms with E-state index in [2.05, 4.69) is 14.9 Å². The summed E-state index contributed by atoms with van der Waals surface area (Å²) in [5.41, 5.74) is 1.05. The monoisotopic (exact) mass is 311 g/mol. The number of hydrogen-bond acceptors (Lipinski definition) is 4. The van der Waals surface area contributed by atoms with Gasteiger partial charge in [-0.15, -0.1) is 11.8 Å². The van der Waals surface area contributed by atoms with Gasteiger partial charge in [-0.25, -0.2) is 13.1 Å². The molecule has 0 fully saturated rings. The Morgan fingerprint density at radius 2 is 1.95 bits per heavy atom. The number of thioether (sulfide) groups is 1. The van der Waals surface area contributed by atoms with Crippen molar-refractivity contribution in [1.82, 2.24) is 14.9 Å². The van der Waals surface area contributed by atoms with Crippen LogP contribution in [0.1, 0.15) is 11.4 Å². The lowest BCUT2D eigenvalue weighted by molar-refractivity contribution is 0.583. The zero-order valence-electron chi connectivity index (χ0n) is 11.4. The topological polar surface area (TPSA) is 74.8 Å². The van der Waals surface area contributed by atoms with Crippen LogP contribution >= 0.6 is 11.8 Å². The van der Waals surface area contributed by atoms with Crippen LogP contribution in [-0.2, 0) is 10.0 Å². The number of hydrogen-bond donors (Lipinski definition) is 2. The fraction of sp³-hybridized carbons (Fsp3) is 0.308. The molecule has 0 aliphatic heterocycles. The van der Waals surface area contributed by atoms with Gasteiger partial charge < -0.3 is 0 Å². The minimum absolute atomic E-state index is 0.252. The van der Waals surface area contributed by atoms with Gasteiger partial charge in [0.1, 0.15) is 4.90 Å². The fourth-order valence-corrected chi connectivity index (χ4v) is 4.19. The number of aromatic nitrogens is 2. The number of H-pyrrole nitrogens is 1. The van der Waals surface area contributed by atoms with Crippen LogP contribution in [0.3, 0.4) is 0 Å². The van der Waals surface area contributed by atoms with Crippen molar-refractivity contribution in [1.29, 1.82) is 0 Å². The highest BCUT2D eigenvalue weighted by atomic mass is 32.2. The van der Waals surface area contributed by atoms with Gasteiger partial charge in [0.15, 0.2) is 0 Å². The number of rotatable bonds is 6. The van der Waals surface area contributed by atoms with E-state index >= 15 is 0 Å². The smallest absolute Gasteiger partial charge is 0.244 e. The maximum Gasteiger partial charge on any atom is 0.244 e. The summed E-state index contributed by atoms with van der Waals surface area (Å²) < 4.78 is 26.9. The molecule has 0 aliphatic rings. The van der Waals surface area contributed by atoms with Gasteiger partial charge in [0, 0.05) is 17.2 Å². The molecule has 0 spiro atoms. The third kappa shape index (κ3) is 3.62. The molecule has 1 heterocycles. The van der Waals surface area contributed by atoms with Crippen molar-refractivity contribution in [3.8, 4) is 0 Å². The van der Waals surface area contributed by atoms with Crippen LogP contribution in [0.15, 0.2) is 40.1 Å². The molecule has 0 saturated carbocycles. The second-order valence-corrected chi connectivity index (χ2v) is 7.19. The number of nitrogens with one attached hydrogen (secondary N) is 2. The SMILES string of the molecule is Cc1n[nH]c(C)c1S(=O)(=O)NCCSc1ccccc1. The number of aromatic amines is 1. The standard InChI is InChI=1S/C13H17N3O2S2/c1-10-13(11(2)16-15-10)20(17,18)14-8-9-19-12-6-4-3-5-7-12/h3-7,14H,8-9H2,1-2H3,(H,15,16). The highest BCUT2D eigenvalue weighted by Crippen LogP contribution is 2.18. The molecule has 0 saturated heterocycles. The highest BCUT2D eigenvalue weighted by Gasteiger charge is 2.21. The van der Waals surface area contributed by atoms with Crippen LogP contribution < -0.4 is 4.72 Å². The Morgan fingerprint density at radius 1 is 1.25 bits per heavy atom. The summed E-state index contributed by atoms with van der Waals surface area (Å²) in [6, 6.07) is 9.89. The van der Waals surface area contributed by atoms with E-state index in [0.29, 0.717) is 23.7 Å². The van der Waals surface area contributed by atoms with Crippen molar-refractivity contribution in [3.63, 3.8) is 0 Å². The van der Waals surface area contributed by atoms with Crippen LogP contribution in [0, 0.1) is 13.8 Å². The second-order valence-electron chi connectivity index (χ2n) is 4.32. The van der Waals surface area contributed by atoms with Crippen molar-refractivity contribution < 1.29 is 8.42 Å². The Labute approximate surface area is 123 Å². The molecule has 20 heavy (non-hydrogen) atoms. The van der Waals surface area contributed by atoms with E-state index in [4.69, 9.17) is 0 Å². The molecule has 0 amide bonds. The van der Waals surface area contributed by atoms with Crippen LogP contribution in [0.5, 0.6) is 0 Å². The second kappa shape index (κ2) is 6.43. The molecular formula is C13H17N3O2S2. The predicted octanol–water partition coefficient (Wildman–Crippen LogP) is 2.10. The normalized spacial score (nSPS) is 11.7. The van der Waals surface area contributed by atoms with E-state index in [-0.39, 0.29) is 4.90 Å². The first-order valence-electron chi connectivity index (χ1n) is 6.20. The molecule has 0 aliphatic carbocycles. The van der Waals surface area contributed by atoms with Gasteiger partial charge in [-0.3, -0.25) is 5.10 Å². The Balaban J connectivity index is 1.91. The Kier molecular flexibility index (Phi) is 4.85. The van der Waals surface area contributed by atoms with E-state index in [1.54, 1.807) is 25.6 Å². The molecule has 108 valence electrons. The summed E-state index contributed by atoms with van der Waals surface area (Å²) in [4.78, 5) is 1.38. The van der Waals surface area contributed by atoms with Crippen LogP contribution in [0.2, 0.25) is 0 Å². The summed E-state index contributed by atoms with van der Waals surface area (Å²) in [6.07, 6.45) is 0. The van der Waals surface area contributed by atoms with E-state index in [0.717, 1.165) is 4.90 Å². The largest absolute Gasteiger partial charge is 0.281 e. The third-order valence-electron chi connectivity index (χ3n) is 2.74. The average molecular weight is 311 g/mol. The van der Waals surface area contributed by atoms with Crippen molar-refractivity contribution in [2.75, 3.05) is 12.3 Å². The van der Waals surface area contributed by atoms with Crippen LogP contribution in [0.4, 0.5) is 0 Å². The summed E-state index contributed by atoms with van der Waals surface area (Å²) in [5.74, 6) is 0.680. The average Bonchev–Trinajstić information content (AvgIpc) is 2.76. The van der Waals surface area contributed by atoms with Crippen LogP contribution in [0.25, 0.3) is 0 Å². The van der Waals surface area contributed by atoms with Gasteiger partial charge in [-0.2, -0.15) is 5.10 Å². The quantitative estimate of drug-likeness (QED) is 0.633. The Hall–Kier alpha value is -1.31. The van der Waals surface area contributed by atoms with Gasteiger partial charge in [-0.1, -0.05) is 18.2 Å². The fourth-order valence-electron chi connectivity index (χ4n) is 1.87. The molecular weight excluding hydrogens is 294 g/mol. The minimum Gasteiger partial charge on any atom is -0.281 e. The van der Waals surface area contributed by atoms with E-state index in [1.807, 2.05) is 30.3 Å².